The molecule has 2 fully saturated rings. The van der Waals surface area contributed by atoms with Gasteiger partial charge in [-0.2, -0.15) is 0 Å². The Morgan fingerprint density at radius 3 is 2.55 bits per heavy atom. The SMILES string of the molecule is Cc1cc(Cl)c2c(c1)[C@]1(N[C@H](CC(N)=O)[C@H]3C(=O)N(Cc4ccc(F)cc4)C(=O)[C@H]31)C(=O)N2. The third-order valence-corrected chi connectivity index (χ3v) is 6.98. The number of nitrogens with two attached hydrogens (primary N) is 1. The van der Waals surface area contributed by atoms with Crippen LogP contribution in [0.25, 0.3) is 0 Å². The van der Waals surface area contributed by atoms with Gasteiger partial charge in [-0.15, -0.1) is 0 Å². The van der Waals surface area contributed by atoms with Gasteiger partial charge in [-0.1, -0.05) is 29.8 Å². The highest BCUT2D eigenvalue weighted by atomic mass is 35.5. The Morgan fingerprint density at radius 2 is 1.88 bits per heavy atom. The molecule has 0 aromatic heterocycles. The predicted molar refractivity (Wildman–Crippen MR) is 116 cm³/mol. The summed E-state index contributed by atoms with van der Waals surface area (Å²) in [5.74, 6) is -4.74. The largest absolute Gasteiger partial charge is 0.370 e. The van der Waals surface area contributed by atoms with E-state index in [-0.39, 0.29) is 13.0 Å². The average Bonchev–Trinajstić information content (AvgIpc) is 3.31. The lowest BCUT2D eigenvalue weighted by Crippen LogP contribution is -2.53. The first-order valence-corrected chi connectivity index (χ1v) is 10.8. The summed E-state index contributed by atoms with van der Waals surface area (Å²) >= 11 is 6.37. The Labute approximate surface area is 193 Å². The number of benzene rings is 2. The molecule has 2 saturated heterocycles. The third-order valence-electron chi connectivity index (χ3n) is 6.69. The summed E-state index contributed by atoms with van der Waals surface area (Å²) in [6.45, 7) is 1.73. The molecule has 0 radical (unpaired) electrons. The summed E-state index contributed by atoms with van der Waals surface area (Å²) < 4.78 is 13.3. The predicted octanol–water partition coefficient (Wildman–Crippen LogP) is 1.58. The van der Waals surface area contributed by atoms with Gasteiger partial charge in [-0.05, 0) is 36.2 Å². The van der Waals surface area contributed by atoms with Crippen molar-refractivity contribution < 1.29 is 23.6 Å². The molecule has 0 saturated carbocycles. The van der Waals surface area contributed by atoms with Gasteiger partial charge in [0.2, 0.25) is 23.6 Å². The number of hydrogen-bond acceptors (Lipinski definition) is 5. The fraction of sp³-hybridized carbons (Fsp3) is 0.304. The van der Waals surface area contributed by atoms with Gasteiger partial charge in [0.25, 0.3) is 0 Å². The summed E-state index contributed by atoms with van der Waals surface area (Å²) in [7, 11) is 0. The van der Waals surface area contributed by atoms with E-state index in [1.165, 1.54) is 24.3 Å². The minimum atomic E-state index is -1.57. The lowest BCUT2D eigenvalue weighted by Gasteiger charge is -2.29. The molecule has 2 aromatic carbocycles. The summed E-state index contributed by atoms with van der Waals surface area (Å²) in [5.41, 5.74) is 6.02. The number of nitrogens with zero attached hydrogens (tertiary/aromatic N) is 1. The van der Waals surface area contributed by atoms with Crippen LogP contribution in [0.1, 0.15) is 23.1 Å². The van der Waals surface area contributed by atoms with Crippen LogP contribution in [0, 0.1) is 24.6 Å². The lowest BCUT2D eigenvalue weighted by atomic mass is 9.76. The van der Waals surface area contributed by atoms with Crippen LogP contribution in [0.5, 0.6) is 0 Å². The van der Waals surface area contributed by atoms with Crippen molar-refractivity contribution >= 4 is 40.9 Å². The van der Waals surface area contributed by atoms with Gasteiger partial charge < -0.3 is 11.1 Å². The first-order valence-electron chi connectivity index (χ1n) is 10.4. The lowest BCUT2D eigenvalue weighted by molar-refractivity contribution is -0.143. The van der Waals surface area contributed by atoms with E-state index < -0.39 is 52.9 Å². The fourth-order valence-electron chi connectivity index (χ4n) is 5.37. The number of hydrogen-bond donors (Lipinski definition) is 3. The maximum absolute atomic E-state index is 13.6. The van der Waals surface area contributed by atoms with Gasteiger partial charge in [0.1, 0.15) is 11.4 Å². The van der Waals surface area contributed by atoms with E-state index in [0.717, 1.165) is 10.5 Å². The van der Waals surface area contributed by atoms with Gasteiger partial charge in [0.05, 0.1) is 29.1 Å². The molecule has 0 unspecified atom stereocenters. The van der Waals surface area contributed by atoms with E-state index in [1.54, 1.807) is 19.1 Å². The van der Waals surface area contributed by atoms with Crippen molar-refractivity contribution in [2.75, 3.05) is 5.32 Å². The average molecular weight is 471 g/mol. The normalized spacial score (nSPS) is 27.8. The Hall–Kier alpha value is -3.30. The molecule has 0 bridgehead atoms. The Morgan fingerprint density at radius 1 is 1.18 bits per heavy atom. The van der Waals surface area contributed by atoms with Crippen LogP contribution in [0.15, 0.2) is 36.4 Å². The Balaban J connectivity index is 1.62. The van der Waals surface area contributed by atoms with Crippen molar-refractivity contribution in [3.8, 4) is 0 Å². The van der Waals surface area contributed by atoms with Crippen molar-refractivity contribution in [2.45, 2.75) is 31.5 Å². The number of aryl methyl sites for hydroxylation is 1. The molecule has 4 N–H and O–H groups in total. The van der Waals surface area contributed by atoms with E-state index in [2.05, 4.69) is 10.6 Å². The van der Waals surface area contributed by atoms with Gasteiger partial charge in [0.15, 0.2) is 0 Å². The summed E-state index contributed by atoms with van der Waals surface area (Å²) in [6, 6.07) is 8.07. The molecule has 3 aliphatic heterocycles. The Bertz CT molecular complexity index is 1230. The number of anilines is 1. The molecule has 5 rings (SSSR count). The summed E-state index contributed by atoms with van der Waals surface area (Å²) in [4.78, 5) is 53.3. The molecule has 8 nitrogen and oxygen atoms in total. The van der Waals surface area contributed by atoms with Crippen molar-refractivity contribution in [3.05, 3.63) is 63.9 Å². The molecule has 2 aromatic rings. The molecule has 3 aliphatic rings. The standard InChI is InChI=1S/C23H20ClFN4O4/c1-10-6-13-19(14(24)7-10)27-22(33)23(13)18-17(15(28-23)8-16(26)30)20(31)29(21(18)32)9-11-2-4-12(25)5-3-11/h2-7,15,17-18,28H,8-9H2,1H3,(H2,26,30)(H,27,33)/t15-,17-,18+,23-/m1/s1. The molecule has 170 valence electrons. The van der Waals surface area contributed by atoms with Crippen molar-refractivity contribution in [3.63, 3.8) is 0 Å². The quantitative estimate of drug-likeness (QED) is 0.586. The van der Waals surface area contributed by atoms with E-state index in [9.17, 15) is 23.6 Å². The number of likely N-dealkylation sites (tertiary alicyclic amines) is 1. The van der Waals surface area contributed by atoms with E-state index >= 15 is 0 Å². The van der Waals surface area contributed by atoms with E-state index in [0.29, 0.717) is 21.8 Å². The second-order valence-corrected chi connectivity index (χ2v) is 9.15. The highest BCUT2D eigenvalue weighted by Crippen LogP contribution is 2.54. The van der Waals surface area contributed by atoms with Crippen molar-refractivity contribution in [1.82, 2.24) is 10.2 Å². The van der Waals surface area contributed by atoms with Gasteiger partial charge in [-0.3, -0.25) is 29.4 Å². The number of halogens is 2. The second-order valence-electron chi connectivity index (χ2n) is 8.75. The maximum atomic E-state index is 13.6. The molecule has 4 amide bonds. The molecule has 33 heavy (non-hydrogen) atoms. The second kappa shape index (κ2) is 7.36. The van der Waals surface area contributed by atoms with Crippen LogP contribution >= 0.6 is 11.6 Å². The van der Waals surface area contributed by atoms with Crippen LogP contribution in [0.4, 0.5) is 10.1 Å². The Kier molecular flexibility index (Phi) is 4.80. The molecule has 3 heterocycles. The zero-order valence-corrected chi connectivity index (χ0v) is 18.3. The first-order chi connectivity index (χ1) is 15.6. The number of carbonyl (C=O) groups excluding carboxylic acids is 4. The molecule has 10 heteroatoms. The van der Waals surface area contributed by atoms with Crippen LogP contribution in [-0.4, -0.2) is 34.6 Å². The number of primary amides is 1. The molecule has 0 aliphatic carbocycles. The number of fused-ring (bicyclic) bond motifs is 4. The maximum Gasteiger partial charge on any atom is 0.250 e. The monoisotopic (exact) mass is 470 g/mol. The summed E-state index contributed by atoms with van der Waals surface area (Å²) in [5, 5.41) is 6.18. The first kappa shape index (κ1) is 21.5. The van der Waals surface area contributed by atoms with Crippen molar-refractivity contribution in [1.29, 1.82) is 0 Å². The van der Waals surface area contributed by atoms with Crippen LogP contribution in [0.2, 0.25) is 5.02 Å². The van der Waals surface area contributed by atoms with Crippen LogP contribution in [0.3, 0.4) is 0 Å². The number of imide groups is 1. The zero-order valence-electron chi connectivity index (χ0n) is 17.5. The number of rotatable bonds is 4. The minimum absolute atomic E-state index is 0.0760. The highest BCUT2D eigenvalue weighted by Gasteiger charge is 2.70. The minimum Gasteiger partial charge on any atom is -0.370 e. The highest BCUT2D eigenvalue weighted by molar-refractivity contribution is 6.35. The topological polar surface area (TPSA) is 122 Å². The number of carbonyl (C=O) groups is 4. The van der Waals surface area contributed by atoms with Gasteiger partial charge in [-0.25, -0.2) is 4.39 Å². The molecule has 1 spiro atoms. The zero-order chi connectivity index (χ0) is 23.7. The molecule has 4 atom stereocenters. The van der Waals surface area contributed by atoms with Gasteiger partial charge >= 0.3 is 0 Å². The third kappa shape index (κ3) is 3.07. The van der Waals surface area contributed by atoms with Crippen LogP contribution < -0.4 is 16.4 Å². The number of amides is 4. The summed E-state index contributed by atoms with van der Waals surface area (Å²) in [6.07, 6.45) is -0.228. The van der Waals surface area contributed by atoms with E-state index in [1.807, 2.05) is 0 Å². The van der Waals surface area contributed by atoms with Crippen molar-refractivity contribution in [2.24, 2.45) is 17.6 Å². The van der Waals surface area contributed by atoms with Crippen LogP contribution in [-0.2, 0) is 31.3 Å². The fourth-order valence-corrected chi connectivity index (χ4v) is 5.69. The van der Waals surface area contributed by atoms with Gasteiger partial charge in [0, 0.05) is 18.0 Å². The van der Waals surface area contributed by atoms with E-state index in [4.69, 9.17) is 17.3 Å². The molecular weight excluding hydrogens is 451 g/mol. The number of nitrogens with one attached hydrogen (secondary N) is 2. The smallest absolute Gasteiger partial charge is 0.250 e. The molecular formula is C23H20ClFN4O4.